The van der Waals surface area contributed by atoms with E-state index in [-0.39, 0.29) is 11.8 Å². The van der Waals surface area contributed by atoms with Crippen molar-refractivity contribution >= 4 is 34.1 Å². The fraction of sp³-hybridized carbons (Fsp3) is 0.286. The highest BCUT2D eigenvalue weighted by Crippen LogP contribution is 2.31. The minimum atomic E-state index is 0.0931. The van der Waals surface area contributed by atoms with Gasteiger partial charge in [0.05, 0.1) is 16.2 Å². The molecule has 1 aliphatic rings. The molecule has 1 N–H and O–H groups in total. The lowest BCUT2D eigenvalue weighted by molar-refractivity contribution is -0.122. The molecule has 0 spiro atoms. The zero-order chi connectivity index (χ0) is 12.5. The van der Waals surface area contributed by atoms with Crippen molar-refractivity contribution in [3.8, 4) is 0 Å². The molecule has 0 unspecified atom stereocenters. The van der Waals surface area contributed by atoms with Gasteiger partial charge < -0.3 is 5.32 Å². The van der Waals surface area contributed by atoms with E-state index in [4.69, 9.17) is 11.6 Å². The monoisotopic (exact) mass is 260 g/mol. The number of carbonyl (C=O) groups is 1. The zero-order valence-electron chi connectivity index (χ0n) is 9.82. The molecule has 1 aromatic heterocycles. The molecule has 0 saturated heterocycles. The maximum absolute atomic E-state index is 12.0. The molecule has 18 heavy (non-hydrogen) atoms. The van der Waals surface area contributed by atoms with E-state index < -0.39 is 0 Å². The maximum Gasteiger partial charge on any atom is 0.227 e. The number of halogens is 1. The molecule has 0 radical (unpaired) electrons. The summed E-state index contributed by atoms with van der Waals surface area (Å²) in [6, 6.07) is 7.35. The predicted octanol–water partition coefficient (Wildman–Crippen LogP) is 3.63. The van der Waals surface area contributed by atoms with Crippen molar-refractivity contribution in [2.75, 3.05) is 5.32 Å². The van der Waals surface area contributed by atoms with Crippen LogP contribution >= 0.6 is 11.6 Å². The number of benzene rings is 1. The van der Waals surface area contributed by atoms with E-state index in [0.29, 0.717) is 5.02 Å². The molecule has 0 bridgehead atoms. The number of hydrogen-bond acceptors (Lipinski definition) is 2. The number of pyridine rings is 1. The molecule has 1 heterocycles. The first-order valence-corrected chi connectivity index (χ1v) is 6.47. The standard InChI is InChI=1S/C14H13ClN2O/c15-11-6-7-12(13-10(11)5-2-8-16-13)17-14(18)9-3-1-4-9/h2,5-9H,1,3-4H2,(H,17,18). The van der Waals surface area contributed by atoms with Crippen LogP contribution in [0.1, 0.15) is 19.3 Å². The number of anilines is 1. The average molecular weight is 261 g/mol. The number of carbonyl (C=O) groups excluding carboxylic acids is 1. The van der Waals surface area contributed by atoms with Gasteiger partial charge in [-0.05, 0) is 37.1 Å². The number of amides is 1. The SMILES string of the molecule is O=C(Nc1ccc(Cl)c2cccnc12)C1CCC1. The van der Waals surface area contributed by atoms with Gasteiger partial charge in [-0.3, -0.25) is 9.78 Å². The molecular formula is C14H13ClN2O. The van der Waals surface area contributed by atoms with Crippen LogP contribution in [-0.4, -0.2) is 10.9 Å². The topological polar surface area (TPSA) is 42.0 Å². The van der Waals surface area contributed by atoms with Crippen LogP contribution in [0.25, 0.3) is 10.9 Å². The van der Waals surface area contributed by atoms with Crippen LogP contribution < -0.4 is 5.32 Å². The number of nitrogens with zero attached hydrogens (tertiary/aromatic N) is 1. The third kappa shape index (κ3) is 1.95. The molecule has 1 aliphatic carbocycles. The van der Waals surface area contributed by atoms with Crippen molar-refractivity contribution in [2.45, 2.75) is 19.3 Å². The molecule has 0 atom stereocenters. The lowest BCUT2D eigenvalue weighted by atomic mass is 9.85. The quantitative estimate of drug-likeness (QED) is 0.896. The summed E-state index contributed by atoms with van der Waals surface area (Å²) >= 11 is 6.11. The lowest BCUT2D eigenvalue weighted by Crippen LogP contribution is -2.28. The summed E-state index contributed by atoms with van der Waals surface area (Å²) in [6.07, 6.45) is 4.84. The normalized spacial score (nSPS) is 15.4. The third-order valence-electron chi connectivity index (χ3n) is 3.45. The Labute approximate surface area is 110 Å². The summed E-state index contributed by atoms with van der Waals surface area (Å²) in [5, 5.41) is 4.47. The second-order valence-corrected chi connectivity index (χ2v) is 5.02. The smallest absolute Gasteiger partial charge is 0.227 e. The Morgan fingerprint density at radius 3 is 2.89 bits per heavy atom. The van der Waals surface area contributed by atoms with E-state index >= 15 is 0 Å². The van der Waals surface area contributed by atoms with Gasteiger partial charge in [-0.15, -0.1) is 0 Å². The second-order valence-electron chi connectivity index (χ2n) is 4.61. The number of rotatable bonds is 2. The summed E-state index contributed by atoms with van der Waals surface area (Å²) in [5.74, 6) is 0.259. The summed E-state index contributed by atoms with van der Waals surface area (Å²) in [4.78, 5) is 16.3. The fourth-order valence-corrected chi connectivity index (χ4v) is 2.36. The van der Waals surface area contributed by atoms with Crippen molar-refractivity contribution in [3.05, 3.63) is 35.5 Å². The van der Waals surface area contributed by atoms with E-state index in [9.17, 15) is 4.79 Å². The van der Waals surface area contributed by atoms with E-state index in [0.717, 1.165) is 35.9 Å². The zero-order valence-corrected chi connectivity index (χ0v) is 10.6. The van der Waals surface area contributed by atoms with Crippen molar-refractivity contribution in [1.82, 2.24) is 4.98 Å². The van der Waals surface area contributed by atoms with Gasteiger partial charge in [0.25, 0.3) is 0 Å². The molecule has 2 aromatic rings. The summed E-state index contributed by atoms with van der Waals surface area (Å²) in [7, 11) is 0. The lowest BCUT2D eigenvalue weighted by Gasteiger charge is -2.24. The Hall–Kier alpha value is -1.61. The Bertz CT molecular complexity index is 608. The van der Waals surface area contributed by atoms with Crippen molar-refractivity contribution in [3.63, 3.8) is 0 Å². The Morgan fingerprint density at radius 1 is 1.33 bits per heavy atom. The summed E-state index contributed by atoms with van der Waals surface area (Å²) < 4.78 is 0. The van der Waals surface area contributed by atoms with Crippen molar-refractivity contribution in [2.24, 2.45) is 5.92 Å². The molecule has 1 aromatic carbocycles. The maximum atomic E-state index is 12.0. The Kier molecular flexibility index (Phi) is 2.92. The molecular weight excluding hydrogens is 248 g/mol. The predicted molar refractivity (Wildman–Crippen MR) is 72.7 cm³/mol. The Morgan fingerprint density at radius 2 is 2.17 bits per heavy atom. The number of aromatic nitrogens is 1. The van der Waals surface area contributed by atoms with Crippen LogP contribution in [-0.2, 0) is 4.79 Å². The molecule has 1 fully saturated rings. The first-order valence-electron chi connectivity index (χ1n) is 6.10. The van der Waals surface area contributed by atoms with Crippen LogP contribution in [0.3, 0.4) is 0 Å². The summed E-state index contributed by atoms with van der Waals surface area (Å²) in [5.41, 5.74) is 1.49. The van der Waals surface area contributed by atoms with Crippen LogP contribution in [0, 0.1) is 5.92 Å². The second kappa shape index (κ2) is 4.58. The molecule has 1 saturated carbocycles. The molecule has 4 heteroatoms. The van der Waals surface area contributed by atoms with Gasteiger partial charge in [0.1, 0.15) is 0 Å². The van der Waals surface area contributed by atoms with Gasteiger partial charge in [-0.2, -0.15) is 0 Å². The number of nitrogens with one attached hydrogen (secondary N) is 1. The molecule has 3 nitrogen and oxygen atoms in total. The molecule has 0 aliphatic heterocycles. The molecule has 1 amide bonds. The van der Waals surface area contributed by atoms with Crippen LogP contribution in [0.2, 0.25) is 5.02 Å². The van der Waals surface area contributed by atoms with Crippen LogP contribution in [0.5, 0.6) is 0 Å². The minimum Gasteiger partial charge on any atom is -0.324 e. The van der Waals surface area contributed by atoms with Crippen molar-refractivity contribution in [1.29, 1.82) is 0 Å². The van der Waals surface area contributed by atoms with Gasteiger partial charge in [0.15, 0.2) is 0 Å². The fourth-order valence-electron chi connectivity index (χ4n) is 2.14. The molecule has 3 rings (SSSR count). The van der Waals surface area contributed by atoms with Gasteiger partial charge >= 0.3 is 0 Å². The van der Waals surface area contributed by atoms with E-state index in [1.54, 1.807) is 12.3 Å². The third-order valence-corrected chi connectivity index (χ3v) is 3.78. The average Bonchev–Trinajstić information content (AvgIpc) is 2.31. The van der Waals surface area contributed by atoms with Gasteiger partial charge in [0, 0.05) is 17.5 Å². The van der Waals surface area contributed by atoms with Gasteiger partial charge in [0.2, 0.25) is 5.91 Å². The summed E-state index contributed by atoms with van der Waals surface area (Å²) in [6.45, 7) is 0. The van der Waals surface area contributed by atoms with Gasteiger partial charge in [-0.1, -0.05) is 18.0 Å². The first-order chi connectivity index (χ1) is 8.75. The molecule has 92 valence electrons. The van der Waals surface area contributed by atoms with Crippen LogP contribution in [0.15, 0.2) is 30.5 Å². The Balaban J connectivity index is 1.96. The highest BCUT2D eigenvalue weighted by Gasteiger charge is 2.25. The van der Waals surface area contributed by atoms with Crippen LogP contribution in [0.4, 0.5) is 5.69 Å². The van der Waals surface area contributed by atoms with E-state index in [2.05, 4.69) is 10.3 Å². The highest BCUT2D eigenvalue weighted by atomic mass is 35.5. The highest BCUT2D eigenvalue weighted by molar-refractivity contribution is 6.35. The van der Waals surface area contributed by atoms with Gasteiger partial charge in [-0.25, -0.2) is 0 Å². The largest absolute Gasteiger partial charge is 0.324 e. The van der Waals surface area contributed by atoms with E-state index in [1.807, 2.05) is 18.2 Å². The minimum absolute atomic E-state index is 0.0931. The number of fused-ring (bicyclic) bond motifs is 1. The van der Waals surface area contributed by atoms with Crippen molar-refractivity contribution < 1.29 is 4.79 Å². The number of hydrogen-bond donors (Lipinski definition) is 1. The first kappa shape index (κ1) is 11.5. The van der Waals surface area contributed by atoms with E-state index in [1.165, 1.54) is 0 Å².